The van der Waals surface area contributed by atoms with Crippen LogP contribution < -0.4 is 10.1 Å². The molecular weight excluding hydrogens is 252 g/mol. The summed E-state index contributed by atoms with van der Waals surface area (Å²) in [5.41, 5.74) is 0.799. The van der Waals surface area contributed by atoms with E-state index in [2.05, 4.69) is 18.5 Å². The summed E-state index contributed by atoms with van der Waals surface area (Å²) in [6.07, 6.45) is 4.74. The summed E-state index contributed by atoms with van der Waals surface area (Å²) in [5, 5.41) is 11.5. The van der Waals surface area contributed by atoms with E-state index in [-0.39, 0.29) is 5.57 Å². The van der Waals surface area contributed by atoms with Crippen LogP contribution in [0.25, 0.3) is 6.08 Å². The van der Waals surface area contributed by atoms with Crippen LogP contribution in [-0.4, -0.2) is 19.1 Å². The Morgan fingerprint density at radius 2 is 2.00 bits per heavy atom. The van der Waals surface area contributed by atoms with Gasteiger partial charge in [0.1, 0.15) is 24.0 Å². The number of carbonyl (C=O) groups excluding carboxylic acids is 1. The normalized spacial score (nSPS) is 10.2. The maximum Gasteiger partial charge on any atom is 0.262 e. The van der Waals surface area contributed by atoms with Gasteiger partial charge in [-0.2, -0.15) is 5.26 Å². The van der Waals surface area contributed by atoms with E-state index in [0.717, 1.165) is 5.56 Å². The number of rotatable bonds is 7. The van der Waals surface area contributed by atoms with Crippen LogP contribution in [0.4, 0.5) is 0 Å². The zero-order valence-electron chi connectivity index (χ0n) is 11.1. The minimum Gasteiger partial charge on any atom is -0.490 e. The quantitative estimate of drug-likeness (QED) is 0.469. The molecule has 102 valence electrons. The molecule has 0 saturated heterocycles. The van der Waals surface area contributed by atoms with Crippen molar-refractivity contribution in [2.45, 2.75) is 0 Å². The lowest BCUT2D eigenvalue weighted by molar-refractivity contribution is -0.116. The third-order valence-corrected chi connectivity index (χ3v) is 2.33. The molecule has 20 heavy (non-hydrogen) atoms. The molecule has 1 aromatic carbocycles. The lowest BCUT2D eigenvalue weighted by Crippen LogP contribution is -2.24. The highest BCUT2D eigenvalue weighted by Gasteiger charge is 2.07. The molecule has 4 nitrogen and oxygen atoms in total. The molecule has 0 radical (unpaired) electrons. The van der Waals surface area contributed by atoms with Gasteiger partial charge < -0.3 is 10.1 Å². The van der Waals surface area contributed by atoms with Gasteiger partial charge in [-0.15, -0.1) is 6.58 Å². The van der Waals surface area contributed by atoms with Crippen molar-refractivity contribution in [2.24, 2.45) is 0 Å². The van der Waals surface area contributed by atoms with E-state index in [9.17, 15) is 4.79 Å². The predicted molar refractivity (Wildman–Crippen MR) is 78.9 cm³/mol. The zero-order valence-corrected chi connectivity index (χ0v) is 11.1. The van der Waals surface area contributed by atoms with Crippen molar-refractivity contribution < 1.29 is 9.53 Å². The summed E-state index contributed by atoms with van der Waals surface area (Å²) >= 11 is 0. The zero-order chi connectivity index (χ0) is 14.8. The van der Waals surface area contributed by atoms with Crippen LogP contribution in [0.1, 0.15) is 5.56 Å². The van der Waals surface area contributed by atoms with Crippen molar-refractivity contribution in [3.05, 3.63) is 60.7 Å². The maximum absolute atomic E-state index is 11.7. The van der Waals surface area contributed by atoms with Crippen LogP contribution >= 0.6 is 0 Å². The predicted octanol–water partition coefficient (Wildman–Crippen LogP) is 2.46. The van der Waals surface area contributed by atoms with Gasteiger partial charge in [0.05, 0.1) is 0 Å². The van der Waals surface area contributed by atoms with Crippen LogP contribution in [0, 0.1) is 11.3 Å². The monoisotopic (exact) mass is 268 g/mol. The number of hydrogen-bond acceptors (Lipinski definition) is 3. The highest BCUT2D eigenvalue weighted by Crippen LogP contribution is 2.14. The van der Waals surface area contributed by atoms with Crippen LogP contribution in [0.15, 0.2) is 55.1 Å². The Balaban J connectivity index is 2.80. The van der Waals surface area contributed by atoms with Gasteiger partial charge in [0, 0.05) is 6.54 Å². The molecule has 0 fully saturated rings. The Hall–Kier alpha value is -2.80. The topological polar surface area (TPSA) is 62.1 Å². The molecule has 0 aliphatic carbocycles. The van der Waals surface area contributed by atoms with Crippen molar-refractivity contribution >= 4 is 12.0 Å². The fourth-order valence-electron chi connectivity index (χ4n) is 1.39. The molecule has 1 rings (SSSR count). The Morgan fingerprint density at radius 3 is 2.55 bits per heavy atom. The van der Waals surface area contributed by atoms with Gasteiger partial charge in [0.15, 0.2) is 0 Å². The van der Waals surface area contributed by atoms with Crippen LogP contribution in [0.2, 0.25) is 0 Å². The fourth-order valence-corrected chi connectivity index (χ4v) is 1.39. The van der Waals surface area contributed by atoms with Crippen molar-refractivity contribution in [3.8, 4) is 11.8 Å². The summed E-state index contributed by atoms with van der Waals surface area (Å²) in [7, 11) is 0. The Kier molecular flexibility index (Phi) is 6.35. The molecule has 0 saturated carbocycles. The first-order valence-electron chi connectivity index (χ1n) is 6.06. The van der Waals surface area contributed by atoms with Crippen molar-refractivity contribution in [2.75, 3.05) is 13.2 Å². The van der Waals surface area contributed by atoms with E-state index in [1.165, 1.54) is 6.08 Å². The fraction of sp³-hybridized carbons (Fsp3) is 0.125. The van der Waals surface area contributed by atoms with E-state index >= 15 is 0 Å². The largest absolute Gasteiger partial charge is 0.490 e. The first kappa shape index (κ1) is 15.3. The number of carbonyl (C=O) groups is 1. The van der Waals surface area contributed by atoms with Gasteiger partial charge in [-0.05, 0) is 23.8 Å². The Bertz CT molecular complexity index is 551. The van der Waals surface area contributed by atoms with Gasteiger partial charge in [-0.1, -0.05) is 30.9 Å². The molecule has 0 aliphatic heterocycles. The highest BCUT2D eigenvalue weighted by atomic mass is 16.5. The number of nitrogens with zero attached hydrogens (tertiary/aromatic N) is 1. The number of amides is 1. The summed E-state index contributed by atoms with van der Waals surface area (Å²) < 4.78 is 5.35. The second kappa shape index (κ2) is 8.33. The molecule has 0 bridgehead atoms. The van der Waals surface area contributed by atoms with Crippen molar-refractivity contribution in [1.29, 1.82) is 5.26 Å². The van der Waals surface area contributed by atoms with Gasteiger partial charge in [-0.3, -0.25) is 4.79 Å². The summed E-state index contributed by atoms with van der Waals surface area (Å²) in [6, 6.07) is 8.97. The second-order valence-corrected chi connectivity index (χ2v) is 3.84. The van der Waals surface area contributed by atoms with E-state index in [0.29, 0.717) is 18.9 Å². The third kappa shape index (κ3) is 4.83. The lowest BCUT2D eigenvalue weighted by Gasteiger charge is -2.03. The molecule has 0 aliphatic rings. The summed E-state index contributed by atoms with van der Waals surface area (Å²) in [6.45, 7) is 7.82. The molecular formula is C16H16N2O2. The first-order chi connectivity index (χ1) is 9.71. The standard InChI is InChI=1S/C16H16N2O2/c1-3-9-18-16(19)14(12-17)11-13-5-7-15(8-6-13)20-10-4-2/h3-8,11H,1-2,9-10H2,(H,18,19)/b14-11+. The lowest BCUT2D eigenvalue weighted by atomic mass is 10.1. The van der Waals surface area contributed by atoms with Crippen LogP contribution in [0.3, 0.4) is 0 Å². The first-order valence-corrected chi connectivity index (χ1v) is 6.06. The van der Waals surface area contributed by atoms with Crippen LogP contribution in [0.5, 0.6) is 5.75 Å². The Labute approximate surface area is 118 Å². The van der Waals surface area contributed by atoms with Gasteiger partial charge >= 0.3 is 0 Å². The van der Waals surface area contributed by atoms with Gasteiger partial charge in [0.2, 0.25) is 0 Å². The molecule has 1 N–H and O–H groups in total. The number of benzene rings is 1. The highest BCUT2D eigenvalue weighted by molar-refractivity contribution is 6.01. The average Bonchev–Trinajstić information content (AvgIpc) is 2.49. The van der Waals surface area contributed by atoms with E-state index < -0.39 is 5.91 Å². The van der Waals surface area contributed by atoms with Crippen molar-refractivity contribution in [3.63, 3.8) is 0 Å². The second-order valence-electron chi connectivity index (χ2n) is 3.84. The Morgan fingerprint density at radius 1 is 1.30 bits per heavy atom. The molecule has 4 heteroatoms. The summed E-state index contributed by atoms with van der Waals surface area (Å²) in [4.78, 5) is 11.7. The number of nitriles is 1. The van der Waals surface area contributed by atoms with Gasteiger partial charge in [0.25, 0.3) is 5.91 Å². The maximum atomic E-state index is 11.7. The molecule has 0 unspecified atom stereocenters. The van der Waals surface area contributed by atoms with Gasteiger partial charge in [-0.25, -0.2) is 0 Å². The molecule has 0 atom stereocenters. The van der Waals surface area contributed by atoms with E-state index in [1.807, 2.05) is 6.07 Å². The summed E-state index contributed by atoms with van der Waals surface area (Å²) in [5.74, 6) is 0.288. The number of ether oxygens (including phenoxy) is 1. The average molecular weight is 268 g/mol. The number of hydrogen-bond donors (Lipinski definition) is 1. The molecule has 1 amide bonds. The van der Waals surface area contributed by atoms with Crippen molar-refractivity contribution in [1.82, 2.24) is 5.32 Å². The van der Waals surface area contributed by atoms with E-state index in [1.54, 1.807) is 36.4 Å². The van der Waals surface area contributed by atoms with Crippen LogP contribution in [-0.2, 0) is 4.79 Å². The minimum absolute atomic E-state index is 0.0478. The van der Waals surface area contributed by atoms with E-state index in [4.69, 9.17) is 10.00 Å². The molecule has 0 spiro atoms. The minimum atomic E-state index is -0.417. The molecule has 1 aromatic rings. The molecule has 0 aromatic heterocycles. The third-order valence-electron chi connectivity index (χ3n) is 2.33. The smallest absolute Gasteiger partial charge is 0.262 e. The SMILES string of the molecule is C=CCNC(=O)/C(C#N)=C/c1ccc(OCC=C)cc1. The molecule has 0 heterocycles. The number of nitrogens with one attached hydrogen (secondary N) is 1.